The Morgan fingerprint density at radius 3 is 2.28 bits per heavy atom. The van der Waals surface area contributed by atoms with Gasteiger partial charge in [-0.05, 0) is 48.4 Å². The van der Waals surface area contributed by atoms with Crippen LogP contribution in [0.5, 0.6) is 0 Å². The molecule has 2 aromatic heterocycles. The van der Waals surface area contributed by atoms with Gasteiger partial charge in [0.15, 0.2) is 22.5 Å². The summed E-state index contributed by atoms with van der Waals surface area (Å²) in [5.74, 6) is 0.469. The summed E-state index contributed by atoms with van der Waals surface area (Å²) in [5, 5.41) is 4.69. The average molecular weight is 479 g/mol. The maximum Gasteiger partial charge on any atom is 0.192 e. The minimum atomic E-state index is -1.98. The molecule has 0 saturated carbocycles. The highest BCUT2D eigenvalue weighted by atomic mass is 28.4. The zero-order valence-corrected chi connectivity index (χ0v) is 23.5. The Balaban J connectivity index is 1.87. The van der Waals surface area contributed by atoms with Gasteiger partial charge in [-0.1, -0.05) is 41.5 Å². The molecular weight excluding hydrogens is 436 g/mol. The summed E-state index contributed by atoms with van der Waals surface area (Å²) < 4.78 is 21.9. The van der Waals surface area contributed by atoms with Gasteiger partial charge in [-0.25, -0.2) is 9.50 Å². The molecule has 2 N–H and O–H groups in total. The highest BCUT2D eigenvalue weighted by molar-refractivity contribution is 6.74. The Bertz CT molecular complexity index is 947. The molecular formula is C23H42N4O3Si2. The Kier molecular flexibility index (Phi) is 6.74. The quantitative estimate of drug-likeness (QED) is 0.548. The predicted molar refractivity (Wildman–Crippen MR) is 135 cm³/mol. The number of aromatic nitrogens is 3. The standard InChI is InChI=1S/C23H42N4O3Si2/c1-22(2,3)31(7,8)28-14-20-19(30-32(9,10)23(4,5)6)13-18(29-20)16-11-12-17-21(24)25-15-26-27(16)17/h11-12,15,18-20H,13-14H2,1-10H3,(H2,24,25,26)/t18-,19+,20-/m1/s1. The summed E-state index contributed by atoms with van der Waals surface area (Å²) in [5.41, 5.74) is 7.82. The summed E-state index contributed by atoms with van der Waals surface area (Å²) in [7, 11) is -3.88. The van der Waals surface area contributed by atoms with Crippen molar-refractivity contribution in [2.75, 3.05) is 12.3 Å². The van der Waals surface area contributed by atoms with Crippen LogP contribution in [0.3, 0.4) is 0 Å². The molecule has 3 atom stereocenters. The summed E-state index contributed by atoms with van der Waals surface area (Å²) in [6, 6.07) is 3.99. The van der Waals surface area contributed by atoms with E-state index in [0.29, 0.717) is 12.4 Å². The first-order chi connectivity index (χ1) is 14.5. The topological polar surface area (TPSA) is 83.9 Å². The van der Waals surface area contributed by atoms with Gasteiger partial charge in [0.05, 0.1) is 18.4 Å². The van der Waals surface area contributed by atoms with Gasteiger partial charge in [0.1, 0.15) is 24.1 Å². The van der Waals surface area contributed by atoms with Gasteiger partial charge in [0, 0.05) is 6.42 Å². The number of hydrogen-bond donors (Lipinski definition) is 1. The number of nitrogen functional groups attached to an aromatic ring is 1. The molecule has 1 saturated heterocycles. The maximum atomic E-state index is 6.87. The number of ether oxygens (including phenoxy) is 1. The first-order valence-electron chi connectivity index (χ1n) is 11.6. The number of nitrogens with two attached hydrogens (primary N) is 1. The fourth-order valence-electron chi connectivity index (χ4n) is 3.46. The van der Waals surface area contributed by atoms with Crippen LogP contribution in [0.25, 0.3) is 5.52 Å². The molecule has 0 radical (unpaired) electrons. The third-order valence-electron chi connectivity index (χ3n) is 7.71. The molecule has 0 bridgehead atoms. The van der Waals surface area contributed by atoms with E-state index in [0.717, 1.165) is 17.6 Å². The van der Waals surface area contributed by atoms with E-state index in [1.807, 2.05) is 16.6 Å². The van der Waals surface area contributed by atoms with E-state index in [4.69, 9.17) is 19.3 Å². The fourth-order valence-corrected chi connectivity index (χ4v) is 5.83. The van der Waals surface area contributed by atoms with E-state index >= 15 is 0 Å². The van der Waals surface area contributed by atoms with E-state index in [-0.39, 0.29) is 28.4 Å². The van der Waals surface area contributed by atoms with Crippen molar-refractivity contribution in [3.8, 4) is 0 Å². The van der Waals surface area contributed by atoms with Gasteiger partial charge in [-0.15, -0.1) is 0 Å². The minimum absolute atomic E-state index is 0.0182. The lowest BCUT2D eigenvalue weighted by Gasteiger charge is -2.40. The monoisotopic (exact) mass is 478 g/mol. The van der Waals surface area contributed by atoms with Crippen LogP contribution >= 0.6 is 0 Å². The molecule has 0 amide bonds. The van der Waals surface area contributed by atoms with E-state index in [9.17, 15) is 0 Å². The van der Waals surface area contributed by atoms with E-state index in [1.54, 1.807) is 0 Å². The van der Waals surface area contributed by atoms with E-state index in [1.165, 1.54) is 6.33 Å². The molecule has 2 aromatic rings. The Hall–Kier alpha value is -1.27. The molecule has 32 heavy (non-hydrogen) atoms. The number of fused-ring (bicyclic) bond motifs is 1. The van der Waals surface area contributed by atoms with Gasteiger partial charge >= 0.3 is 0 Å². The number of hydrogen-bond acceptors (Lipinski definition) is 6. The van der Waals surface area contributed by atoms with Gasteiger partial charge < -0.3 is 19.3 Å². The van der Waals surface area contributed by atoms with Crippen LogP contribution in [0.4, 0.5) is 5.82 Å². The van der Waals surface area contributed by atoms with Crippen molar-refractivity contribution in [1.29, 1.82) is 0 Å². The van der Waals surface area contributed by atoms with Crippen LogP contribution in [-0.2, 0) is 13.6 Å². The number of anilines is 1. The second-order valence-corrected chi connectivity index (χ2v) is 21.7. The smallest absolute Gasteiger partial charge is 0.192 e. The van der Waals surface area contributed by atoms with Crippen LogP contribution in [-0.4, -0.2) is 50.0 Å². The Labute approximate surface area is 195 Å². The SMILES string of the molecule is CC(C)(C)[Si](C)(C)OC[C@H]1O[C@@H](c2ccc3c(N)ncnn23)C[C@@H]1O[Si](C)(C)C(C)(C)C. The van der Waals surface area contributed by atoms with Gasteiger partial charge in [-0.3, -0.25) is 0 Å². The molecule has 9 heteroatoms. The van der Waals surface area contributed by atoms with E-state index < -0.39 is 16.6 Å². The first-order valence-corrected chi connectivity index (χ1v) is 17.4. The van der Waals surface area contributed by atoms with Crippen molar-refractivity contribution in [2.45, 2.75) is 103 Å². The van der Waals surface area contributed by atoms with Crippen LogP contribution < -0.4 is 5.73 Å². The highest BCUT2D eigenvalue weighted by Crippen LogP contribution is 2.43. The molecule has 7 nitrogen and oxygen atoms in total. The highest BCUT2D eigenvalue weighted by Gasteiger charge is 2.47. The molecule has 1 fully saturated rings. The summed E-state index contributed by atoms with van der Waals surface area (Å²) in [4.78, 5) is 4.10. The maximum absolute atomic E-state index is 6.87. The lowest BCUT2D eigenvalue weighted by Crippen LogP contribution is -2.48. The Morgan fingerprint density at radius 2 is 1.69 bits per heavy atom. The molecule has 1 aliphatic heterocycles. The van der Waals surface area contributed by atoms with Gasteiger partial charge in [0.2, 0.25) is 0 Å². The summed E-state index contributed by atoms with van der Waals surface area (Å²) in [6.07, 6.45) is 1.99. The average Bonchev–Trinajstić information content (AvgIpc) is 3.22. The zero-order valence-electron chi connectivity index (χ0n) is 21.5. The Morgan fingerprint density at radius 1 is 1.06 bits per heavy atom. The molecule has 0 aliphatic carbocycles. The van der Waals surface area contributed by atoms with Crippen molar-refractivity contribution < 1.29 is 13.6 Å². The van der Waals surface area contributed by atoms with Crippen molar-refractivity contribution in [3.63, 3.8) is 0 Å². The van der Waals surface area contributed by atoms with Crippen LogP contribution in [0, 0.1) is 0 Å². The summed E-state index contributed by atoms with van der Waals surface area (Å²) >= 11 is 0. The second kappa shape index (κ2) is 8.50. The second-order valence-electron chi connectivity index (χ2n) is 12.1. The first kappa shape index (κ1) is 25.4. The van der Waals surface area contributed by atoms with Crippen LogP contribution in [0.2, 0.25) is 36.3 Å². The molecule has 3 rings (SSSR count). The molecule has 180 valence electrons. The van der Waals surface area contributed by atoms with Gasteiger partial charge in [-0.2, -0.15) is 5.10 Å². The lowest BCUT2D eigenvalue weighted by molar-refractivity contribution is -0.0179. The van der Waals surface area contributed by atoms with Crippen molar-refractivity contribution in [1.82, 2.24) is 14.6 Å². The van der Waals surface area contributed by atoms with Gasteiger partial charge in [0.25, 0.3) is 0 Å². The molecule has 0 unspecified atom stereocenters. The third-order valence-corrected chi connectivity index (χ3v) is 16.7. The largest absolute Gasteiger partial charge is 0.414 e. The zero-order chi connectivity index (χ0) is 24.1. The lowest BCUT2D eigenvalue weighted by atomic mass is 10.1. The van der Waals surface area contributed by atoms with Crippen LogP contribution in [0.15, 0.2) is 18.5 Å². The molecule has 0 aromatic carbocycles. The van der Waals surface area contributed by atoms with Crippen molar-refractivity contribution >= 4 is 28.0 Å². The van der Waals surface area contributed by atoms with E-state index in [2.05, 4.69) is 77.8 Å². The summed E-state index contributed by atoms with van der Waals surface area (Å²) in [6.45, 7) is 23.3. The normalized spacial score (nSPS) is 23.2. The van der Waals surface area contributed by atoms with Crippen molar-refractivity contribution in [2.24, 2.45) is 0 Å². The number of nitrogens with zero attached hydrogens (tertiary/aromatic N) is 3. The molecule has 1 aliphatic rings. The fraction of sp³-hybridized carbons (Fsp3) is 0.739. The molecule has 0 spiro atoms. The van der Waals surface area contributed by atoms with Crippen molar-refractivity contribution in [3.05, 3.63) is 24.2 Å². The van der Waals surface area contributed by atoms with Crippen LogP contribution in [0.1, 0.15) is 59.8 Å². The molecule has 3 heterocycles. The third kappa shape index (κ3) is 4.96. The predicted octanol–water partition coefficient (Wildman–Crippen LogP) is 5.55. The minimum Gasteiger partial charge on any atom is -0.414 e. The number of rotatable bonds is 6.